The lowest BCUT2D eigenvalue weighted by atomic mass is 10.2. The van der Waals surface area contributed by atoms with Gasteiger partial charge in [0, 0.05) is 5.56 Å². The summed E-state index contributed by atoms with van der Waals surface area (Å²) in [6, 6.07) is 9.60. The van der Waals surface area contributed by atoms with Gasteiger partial charge < -0.3 is 8.83 Å². The van der Waals surface area contributed by atoms with Crippen molar-refractivity contribution in [3.63, 3.8) is 0 Å². The molecule has 2 aromatic heterocycles. The summed E-state index contributed by atoms with van der Waals surface area (Å²) in [5, 5.41) is 12.3. The minimum atomic E-state index is 0.300. The Bertz CT molecular complexity index is 681. The van der Waals surface area contributed by atoms with Crippen molar-refractivity contribution in [2.24, 2.45) is 0 Å². The van der Waals surface area contributed by atoms with Crippen molar-refractivity contribution in [1.82, 2.24) is 20.4 Å². The van der Waals surface area contributed by atoms with E-state index in [4.69, 9.17) is 16.6 Å². The van der Waals surface area contributed by atoms with E-state index in [0.29, 0.717) is 15.6 Å². The van der Waals surface area contributed by atoms with E-state index in [1.807, 2.05) is 30.3 Å². The van der Waals surface area contributed by atoms with Gasteiger partial charge in [-0.3, -0.25) is 0 Å². The van der Waals surface area contributed by atoms with Crippen molar-refractivity contribution in [2.75, 3.05) is 0 Å². The SMILES string of the molecule is S=c1[nH]nc(-c2ccccc2)o1.S=c1[nH]nco1. The van der Waals surface area contributed by atoms with E-state index < -0.39 is 0 Å². The molecular weight excluding hydrogens is 272 g/mol. The lowest BCUT2D eigenvalue weighted by Gasteiger charge is -1.89. The van der Waals surface area contributed by atoms with Crippen LogP contribution < -0.4 is 0 Å². The molecule has 0 bridgehead atoms. The molecule has 0 saturated heterocycles. The predicted molar refractivity (Wildman–Crippen MR) is 68.8 cm³/mol. The normalized spacial score (nSPS) is 9.56. The van der Waals surface area contributed by atoms with Crippen LogP contribution in [0.5, 0.6) is 0 Å². The average molecular weight is 280 g/mol. The number of aromatic amines is 2. The molecule has 18 heavy (non-hydrogen) atoms. The number of aromatic nitrogens is 4. The Hall–Kier alpha value is -2.06. The molecule has 3 aromatic rings. The zero-order chi connectivity index (χ0) is 12.8. The van der Waals surface area contributed by atoms with Gasteiger partial charge in [0.2, 0.25) is 12.3 Å². The average Bonchev–Trinajstić information content (AvgIpc) is 3.03. The van der Waals surface area contributed by atoms with Crippen molar-refractivity contribution in [2.45, 2.75) is 0 Å². The predicted octanol–water partition coefficient (Wildman–Crippen LogP) is 3.13. The molecule has 3 rings (SSSR count). The monoisotopic (exact) mass is 280 g/mol. The number of nitrogens with zero attached hydrogens (tertiary/aromatic N) is 2. The second kappa shape index (κ2) is 6.03. The van der Waals surface area contributed by atoms with Crippen LogP contribution in [-0.2, 0) is 0 Å². The van der Waals surface area contributed by atoms with Crippen LogP contribution >= 0.6 is 24.4 Å². The Morgan fingerprint density at radius 3 is 2.22 bits per heavy atom. The summed E-state index contributed by atoms with van der Waals surface area (Å²) in [7, 11) is 0. The minimum absolute atomic E-state index is 0.300. The first kappa shape index (κ1) is 12.4. The molecular formula is C10H8N4O2S2. The topological polar surface area (TPSA) is 83.6 Å². The molecule has 0 fully saturated rings. The smallest absolute Gasteiger partial charge is 0.284 e. The zero-order valence-electron chi connectivity index (χ0n) is 8.99. The molecule has 0 aliphatic carbocycles. The second-order valence-corrected chi connectivity index (χ2v) is 3.78. The molecule has 0 aliphatic heterocycles. The molecule has 2 N–H and O–H groups in total. The van der Waals surface area contributed by atoms with Crippen LogP contribution in [0.25, 0.3) is 11.5 Å². The van der Waals surface area contributed by atoms with Gasteiger partial charge in [-0.2, -0.15) is 0 Å². The summed E-state index contributed by atoms with van der Waals surface area (Å²) in [5.41, 5.74) is 0.921. The fourth-order valence-corrected chi connectivity index (χ4v) is 1.33. The van der Waals surface area contributed by atoms with E-state index in [1.54, 1.807) is 0 Å². The first-order chi connectivity index (χ1) is 8.75. The van der Waals surface area contributed by atoms with E-state index in [9.17, 15) is 0 Å². The van der Waals surface area contributed by atoms with Crippen molar-refractivity contribution in [3.05, 3.63) is 46.4 Å². The first-order valence-corrected chi connectivity index (χ1v) is 5.66. The van der Waals surface area contributed by atoms with Gasteiger partial charge in [-0.05, 0) is 36.6 Å². The lowest BCUT2D eigenvalue weighted by molar-refractivity contribution is 0.537. The van der Waals surface area contributed by atoms with Gasteiger partial charge in [0.1, 0.15) is 0 Å². The van der Waals surface area contributed by atoms with E-state index >= 15 is 0 Å². The number of hydrogen-bond donors (Lipinski definition) is 2. The van der Waals surface area contributed by atoms with Gasteiger partial charge in [0.15, 0.2) is 0 Å². The van der Waals surface area contributed by atoms with Crippen LogP contribution in [0.1, 0.15) is 0 Å². The number of hydrogen-bond acceptors (Lipinski definition) is 6. The van der Waals surface area contributed by atoms with Crippen LogP contribution in [0.2, 0.25) is 0 Å². The Morgan fingerprint density at radius 2 is 1.78 bits per heavy atom. The van der Waals surface area contributed by atoms with E-state index in [1.165, 1.54) is 6.39 Å². The lowest BCUT2D eigenvalue weighted by Crippen LogP contribution is -1.75. The summed E-state index contributed by atoms with van der Waals surface area (Å²) >= 11 is 9.21. The van der Waals surface area contributed by atoms with Crippen molar-refractivity contribution in [1.29, 1.82) is 0 Å². The van der Waals surface area contributed by atoms with E-state index in [-0.39, 0.29) is 0 Å². The second-order valence-electron chi connectivity index (χ2n) is 3.04. The summed E-state index contributed by atoms with van der Waals surface area (Å²) < 4.78 is 9.60. The molecule has 2 heterocycles. The molecule has 0 saturated carbocycles. The zero-order valence-corrected chi connectivity index (χ0v) is 10.6. The Kier molecular flexibility index (Phi) is 4.15. The highest BCUT2D eigenvalue weighted by atomic mass is 32.1. The molecule has 6 nitrogen and oxygen atoms in total. The van der Waals surface area contributed by atoms with Crippen LogP contribution in [0.4, 0.5) is 0 Å². The number of H-pyrrole nitrogens is 2. The highest BCUT2D eigenvalue weighted by molar-refractivity contribution is 7.71. The Morgan fingerprint density at radius 1 is 1.00 bits per heavy atom. The maximum absolute atomic E-state index is 5.12. The van der Waals surface area contributed by atoms with Crippen molar-refractivity contribution >= 4 is 24.4 Å². The summed E-state index contributed by atoms with van der Waals surface area (Å²) in [4.78, 5) is 0.615. The fourth-order valence-electron chi connectivity index (χ4n) is 1.11. The maximum atomic E-state index is 5.12. The van der Waals surface area contributed by atoms with Gasteiger partial charge in [0.25, 0.3) is 9.67 Å². The molecule has 92 valence electrons. The number of rotatable bonds is 1. The standard InChI is InChI=1S/C8H6N2OS.C2H2N2OS/c12-8-10-9-7(11-8)6-4-2-1-3-5-6;6-2-4-3-1-5-2/h1-5H,(H,10,12);1H,(H,4,6). The molecule has 0 aliphatic rings. The Labute approximate surface area is 112 Å². The third kappa shape index (κ3) is 3.47. The quantitative estimate of drug-likeness (QED) is 0.666. The van der Waals surface area contributed by atoms with E-state index in [2.05, 4.69) is 37.0 Å². The molecule has 0 radical (unpaired) electrons. The van der Waals surface area contributed by atoms with Gasteiger partial charge in [-0.25, -0.2) is 10.2 Å². The molecule has 8 heteroatoms. The summed E-state index contributed by atoms with van der Waals surface area (Å²) in [5.74, 6) is 0.528. The van der Waals surface area contributed by atoms with Gasteiger partial charge in [0.05, 0.1) is 0 Å². The van der Waals surface area contributed by atoms with Crippen LogP contribution in [0.15, 0.2) is 45.6 Å². The first-order valence-electron chi connectivity index (χ1n) is 4.85. The largest absolute Gasteiger partial charge is 0.417 e. The maximum Gasteiger partial charge on any atom is 0.284 e. The summed E-state index contributed by atoms with van der Waals surface area (Å²) in [6.07, 6.45) is 1.25. The molecule has 0 unspecified atom stereocenters. The Balaban J connectivity index is 0.000000169. The van der Waals surface area contributed by atoms with Crippen LogP contribution in [-0.4, -0.2) is 20.4 Å². The summed E-state index contributed by atoms with van der Waals surface area (Å²) in [6.45, 7) is 0. The number of nitrogens with one attached hydrogen (secondary N) is 2. The molecule has 1 aromatic carbocycles. The van der Waals surface area contributed by atoms with Crippen molar-refractivity contribution in [3.8, 4) is 11.5 Å². The van der Waals surface area contributed by atoms with Gasteiger partial charge in [-0.1, -0.05) is 18.2 Å². The molecule has 0 spiro atoms. The van der Waals surface area contributed by atoms with Crippen molar-refractivity contribution < 1.29 is 8.83 Å². The van der Waals surface area contributed by atoms with Gasteiger partial charge >= 0.3 is 0 Å². The van der Waals surface area contributed by atoms with Crippen LogP contribution in [0.3, 0.4) is 0 Å². The minimum Gasteiger partial charge on any atom is -0.417 e. The number of benzene rings is 1. The third-order valence-electron chi connectivity index (χ3n) is 1.83. The van der Waals surface area contributed by atoms with E-state index in [0.717, 1.165) is 5.56 Å². The molecule has 0 atom stereocenters. The fraction of sp³-hybridized carbons (Fsp3) is 0. The molecule has 0 amide bonds. The highest BCUT2D eigenvalue weighted by Crippen LogP contribution is 2.14. The third-order valence-corrected chi connectivity index (χ3v) is 2.19. The highest BCUT2D eigenvalue weighted by Gasteiger charge is 2.00. The van der Waals surface area contributed by atoms with Gasteiger partial charge in [-0.15, -0.1) is 10.2 Å². The van der Waals surface area contributed by atoms with Crippen LogP contribution in [0, 0.1) is 9.67 Å².